The monoisotopic (exact) mass is 478 g/mol. The van der Waals surface area contributed by atoms with Gasteiger partial charge in [0.2, 0.25) is 5.95 Å². The number of carbonyl (C=O) groups excluding carboxylic acids is 1. The minimum absolute atomic E-state index is 0.0258. The number of H-pyrrole nitrogens is 1. The van der Waals surface area contributed by atoms with Crippen LogP contribution < -0.4 is 20.3 Å². The van der Waals surface area contributed by atoms with Gasteiger partial charge in [-0.15, -0.1) is 0 Å². The average molecular weight is 478 g/mol. The summed E-state index contributed by atoms with van der Waals surface area (Å²) >= 11 is 0. The Morgan fingerprint density at radius 3 is 2.74 bits per heavy atom. The number of fused-ring (bicyclic) bond motifs is 1. The zero-order valence-corrected chi connectivity index (χ0v) is 18.9. The largest absolute Gasteiger partial charge is 0.492 e. The minimum atomic E-state index is -4.65. The lowest BCUT2D eigenvalue weighted by Gasteiger charge is -2.24. The number of methoxy groups -OCH3 is 2. The van der Waals surface area contributed by atoms with Gasteiger partial charge in [0.05, 0.1) is 31.1 Å². The maximum absolute atomic E-state index is 13.9. The Bertz CT molecular complexity index is 1190. The molecule has 0 bridgehead atoms. The molecule has 1 aliphatic heterocycles. The summed E-state index contributed by atoms with van der Waals surface area (Å²) in [6.45, 7) is 1.59. The van der Waals surface area contributed by atoms with Crippen molar-refractivity contribution in [3.63, 3.8) is 0 Å². The molecule has 2 aromatic heterocycles. The average Bonchev–Trinajstić information content (AvgIpc) is 3.26. The number of ether oxygens (including phenoxy) is 2. The summed E-state index contributed by atoms with van der Waals surface area (Å²) in [7, 11) is 4.17. The Kier molecular flexibility index (Phi) is 6.51. The van der Waals surface area contributed by atoms with Gasteiger partial charge in [-0.1, -0.05) is 0 Å². The molecule has 9 nitrogen and oxygen atoms in total. The van der Waals surface area contributed by atoms with E-state index in [0.717, 1.165) is 25.6 Å². The predicted octanol–water partition coefficient (Wildman–Crippen LogP) is 4.02. The Morgan fingerprint density at radius 1 is 1.29 bits per heavy atom. The van der Waals surface area contributed by atoms with Crippen molar-refractivity contribution in [3.8, 4) is 17.0 Å². The summed E-state index contributed by atoms with van der Waals surface area (Å²) < 4.78 is 51.9. The highest BCUT2D eigenvalue weighted by Gasteiger charge is 2.36. The van der Waals surface area contributed by atoms with Crippen LogP contribution in [0.4, 0.5) is 29.6 Å². The van der Waals surface area contributed by atoms with Crippen LogP contribution >= 0.6 is 0 Å². The fraction of sp³-hybridized carbons (Fsp3) is 0.409. The van der Waals surface area contributed by atoms with Crippen molar-refractivity contribution in [2.24, 2.45) is 0 Å². The van der Waals surface area contributed by atoms with Crippen LogP contribution in [0.3, 0.4) is 0 Å². The number of aromatic nitrogens is 3. The molecule has 0 spiro atoms. The number of nitrogens with zero attached hydrogens (tertiary/aromatic N) is 3. The number of hydrogen-bond acceptors (Lipinski definition) is 7. The Morgan fingerprint density at radius 2 is 2.09 bits per heavy atom. The van der Waals surface area contributed by atoms with E-state index in [9.17, 15) is 18.0 Å². The van der Waals surface area contributed by atoms with Gasteiger partial charge in [0.1, 0.15) is 5.56 Å². The van der Waals surface area contributed by atoms with E-state index in [1.807, 2.05) is 0 Å². The molecule has 1 atom stereocenters. The number of anilines is 2. The third-order valence-electron chi connectivity index (χ3n) is 5.78. The van der Waals surface area contributed by atoms with Crippen LogP contribution in [0.1, 0.15) is 18.4 Å². The second-order valence-corrected chi connectivity index (χ2v) is 7.91. The molecule has 3 N–H and O–H groups in total. The van der Waals surface area contributed by atoms with E-state index < -0.39 is 17.8 Å². The topological polar surface area (TPSA) is 104 Å². The molecule has 12 heteroatoms. The quantitative estimate of drug-likeness (QED) is 0.509. The summed E-state index contributed by atoms with van der Waals surface area (Å²) in [5.74, 6) is 0.408. The molecule has 0 unspecified atom stereocenters. The fourth-order valence-corrected chi connectivity index (χ4v) is 4.09. The van der Waals surface area contributed by atoms with E-state index in [2.05, 4.69) is 25.6 Å². The summed E-state index contributed by atoms with van der Waals surface area (Å²) in [6, 6.07) is 3.22. The first-order valence-corrected chi connectivity index (χ1v) is 10.7. The van der Waals surface area contributed by atoms with E-state index in [1.165, 1.54) is 32.4 Å². The van der Waals surface area contributed by atoms with E-state index in [4.69, 9.17) is 9.47 Å². The third-order valence-corrected chi connectivity index (χ3v) is 5.78. The molecule has 0 aliphatic carbocycles. The molecule has 1 amide bonds. The molecule has 4 rings (SSSR count). The normalized spacial score (nSPS) is 16.4. The highest BCUT2D eigenvalue weighted by atomic mass is 19.4. The lowest BCUT2D eigenvalue weighted by Crippen LogP contribution is -2.38. The first-order valence-electron chi connectivity index (χ1n) is 10.7. The molecular weight excluding hydrogens is 453 g/mol. The van der Waals surface area contributed by atoms with Gasteiger partial charge in [0.25, 0.3) is 0 Å². The summed E-state index contributed by atoms with van der Waals surface area (Å²) in [5, 5.41) is 6.82. The van der Waals surface area contributed by atoms with Crippen LogP contribution in [0.5, 0.6) is 5.75 Å². The molecule has 1 saturated heterocycles. The van der Waals surface area contributed by atoms with Crippen LogP contribution in [0.2, 0.25) is 0 Å². The summed E-state index contributed by atoms with van der Waals surface area (Å²) in [5.41, 5.74) is -0.156. The highest BCUT2D eigenvalue weighted by Crippen LogP contribution is 2.42. The number of aromatic amines is 1. The zero-order valence-electron chi connectivity index (χ0n) is 18.9. The number of hydrogen-bond donors (Lipinski definition) is 3. The second kappa shape index (κ2) is 9.37. The number of halogens is 3. The van der Waals surface area contributed by atoms with Crippen LogP contribution in [-0.2, 0) is 10.9 Å². The number of nitrogens with one attached hydrogen (secondary N) is 3. The van der Waals surface area contributed by atoms with Crippen LogP contribution in [0.25, 0.3) is 22.2 Å². The lowest BCUT2D eigenvalue weighted by atomic mass is 10.0. The van der Waals surface area contributed by atoms with Gasteiger partial charge in [-0.05, 0) is 31.5 Å². The fourth-order valence-electron chi connectivity index (χ4n) is 4.09. The molecule has 1 aliphatic rings. The first kappa shape index (κ1) is 23.6. The van der Waals surface area contributed by atoms with E-state index in [0.29, 0.717) is 23.1 Å². The molecule has 34 heavy (non-hydrogen) atoms. The van der Waals surface area contributed by atoms with Crippen molar-refractivity contribution < 1.29 is 27.4 Å². The smallest absolute Gasteiger partial charge is 0.419 e. The molecule has 3 aromatic rings. The second-order valence-electron chi connectivity index (χ2n) is 7.91. The van der Waals surface area contributed by atoms with Crippen molar-refractivity contribution in [2.45, 2.75) is 25.1 Å². The van der Waals surface area contributed by atoms with Gasteiger partial charge < -0.3 is 25.1 Å². The maximum Gasteiger partial charge on any atom is 0.419 e. The summed E-state index contributed by atoms with van der Waals surface area (Å²) in [4.78, 5) is 24.4. The Labute approximate surface area is 193 Å². The van der Waals surface area contributed by atoms with E-state index in [1.54, 1.807) is 12.1 Å². The zero-order chi connectivity index (χ0) is 24.5. The van der Waals surface area contributed by atoms with Gasteiger partial charge in [-0.2, -0.15) is 13.2 Å². The van der Waals surface area contributed by atoms with Gasteiger partial charge in [0.15, 0.2) is 5.75 Å². The minimum Gasteiger partial charge on any atom is -0.492 e. The van der Waals surface area contributed by atoms with Gasteiger partial charge in [-0.3, -0.25) is 4.90 Å². The molecular formula is C22H25F3N6O3. The number of rotatable bonds is 5. The van der Waals surface area contributed by atoms with Crippen LogP contribution in [0.15, 0.2) is 24.5 Å². The van der Waals surface area contributed by atoms with Crippen molar-refractivity contribution >= 4 is 28.6 Å². The first-order chi connectivity index (χ1) is 16.2. The number of alkyl halides is 3. The van der Waals surface area contributed by atoms with Crippen LogP contribution in [-0.4, -0.2) is 61.4 Å². The number of carbonyl (C=O) groups is 1. The molecule has 1 aromatic carbocycles. The number of piperidine rings is 1. The maximum atomic E-state index is 13.9. The Hall–Kier alpha value is -3.54. The van der Waals surface area contributed by atoms with Crippen molar-refractivity contribution in [1.82, 2.24) is 20.3 Å². The van der Waals surface area contributed by atoms with E-state index in [-0.39, 0.29) is 29.0 Å². The van der Waals surface area contributed by atoms with Gasteiger partial charge in [0, 0.05) is 43.0 Å². The SMILES string of the molecule is COC(=O)N(C)c1ccc2c(-c3nc(N[C@H]4CCCNC4)ncc3C(F)(F)F)c[nH]c2c1OC. The Balaban J connectivity index is 1.82. The van der Waals surface area contributed by atoms with Crippen LogP contribution in [0, 0.1) is 0 Å². The van der Waals surface area contributed by atoms with Crippen molar-refractivity contribution in [3.05, 3.63) is 30.1 Å². The molecule has 0 radical (unpaired) electrons. The standard InChI is InChI=1S/C22H25F3N6O3/c1-31(21(32)34-3)16-7-6-13-14(10-27-18(13)19(16)33-2)17-15(22(23,24)25)11-28-20(30-17)29-12-5-4-8-26-9-12/h6-7,10-12,26-27H,4-5,8-9H2,1-3H3,(H,28,29,30)/t12-/m0/s1. The molecule has 1 fully saturated rings. The molecule has 3 heterocycles. The molecule has 0 saturated carbocycles. The number of amides is 1. The van der Waals surface area contributed by atoms with Crippen molar-refractivity contribution in [1.29, 1.82) is 0 Å². The summed E-state index contributed by atoms with van der Waals surface area (Å²) in [6.07, 6.45) is -1.20. The predicted molar refractivity (Wildman–Crippen MR) is 121 cm³/mol. The third kappa shape index (κ3) is 4.45. The van der Waals surface area contributed by atoms with E-state index >= 15 is 0 Å². The molecule has 182 valence electrons. The van der Waals surface area contributed by atoms with Crippen molar-refractivity contribution in [2.75, 3.05) is 44.6 Å². The number of benzene rings is 1. The highest BCUT2D eigenvalue weighted by molar-refractivity contribution is 6.03. The van der Waals surface area contributed by atoms with Gasteiger partial charge >= 0.3 is 12.3 Å². The lowest BCUT2D eigenvalue weighted by molar-refractivity contribution is -0.137. The van der Waals surface area contributed by atoms with Gasteiger partial charge in [-0.25, -0.2) is 14.8 Å².